The molecule has 1 saturated carbocycles. The van der Waals surface area contributed by atoms with Gasteiger partial charge in [-0.2, -0.15) is 10.4 Å². The Balaban J connectivity index is 1.70. The smallest absolute Gasteiger partial charge is 0.217 e. The van der Waals surface area contributed by atoms with Crippen molar-refractivity contribution in [1.82, 2.24) is 30.0 Å². The third kappa shape index (κ3) is 3.48. The van der Waals surface area contributed by atoms with E-state index in [-0.39, 0.29) is 11.9 Å². The van der Waals surface area contributed by atoms with Gasteiger partial charge in [0.25, 0.3) is 0 Å². The molecular weight excluding hydrogens is 354 g/mol. The van der Waals surface area contributed by atoms with E-state index in [1.54, 1.807) is 6.20 Å². The number of carbonyl (C=O) groups excluding carboxylic acids is 1. The zero-order valence-corrected chi connectivity index (χ0v) is 15.9. The van der Waals surface area contributed by atoms with Gasteiger partial charge in [-0.1, -0.05) is 12.8 Å². The van der Waals surface area contributed by atoms with Crippen LogP contribution in [0.2, 0.25) is 0 Å². The Hall–Kier alpha value is -3.21. The van der Waals surface area contributed by atoms with Crippen molar-refractivity contribution >= 4 is 16.9 Å². The third-order valence-corrected chi connectivity index (χ3v) is 5.54. The maximum atomic E-state index is 11.3. The number of aromatic amines is 1. The van der Waals surface area contributed by atoms with Gasteiger partial charge in [0.1, 0.15) is 12.0 Å². The lowest BCUT2D eigenvalue weighted by Gasteiger charge is -2.21. The molecule has 0 aliphatic heterocycles. The molecule has 0 bridgehead atoms. The monoisotopic (exact) mass is 377 g/mol. The fourth-order valence-electron chi connectivity index (χ4n) is 4.16. The van der Waals surface area contributed by atoms with Gasteiger partial charge in [-0.15, -0.1) is 0 Å². The normalized spacial score (nSPS) is 15.6. The lowest BCUT2D eigenvalue weighted by molar-refractivity contribution is -0.119. The summed E-state index contributed by atoms with van der Waals surface area (Å²) in [7, 11) is 0. The van der Waals surface area contributed by atoms with Gasteiger partial charge in [0.05, 0.1) is 35.8 Å². The van der Waals surface area contributed by atoms with Crippen LogP contribution in [0.3, 0.4) is 0 Å². The highest BCUT2D eigenvalue weighted by atomic mass is 16.1. The summed E-state index contributed by atoms with van der Waals surface area (Å²) >= 11 is 0. The fourth-order valence-corrected chi connectivity index (χ4v) is 4.16. The summed E-state index contributed by atoms with van der Waals surface area (Å²) in [5, 5.41) is 17.6. The Morgan fingerprint density at radius 2 is 2.25 bits per heavy atom. The van der Waals surface area contributed by atoms with Crippen LogP contribution in [0.1, 0.15) is 50.6 Å². The van der Waals surface area contributed by atoms with Gasteiger partial charge >= 0.3 is 0 Å². The van der Waals surface area contributed by atoms with Crippen LogP contribution in [-0.4, -0.2) is 30.6 Å². The number of hydrogen-bond donors (Lipinski definition) is 2. The van der Waals surface area contributed by atoms with Gasteiger partial charge < -0.3 is 10.3 Å². The summed E-state index contributed by atoms with van der Waals surface area (Å²) in [5.41, 5.74) is 3.32. The number of rotatable bonds is 6. The molecule has 8 heteroatoms. The molecule has 28 heavy (non-hydrogen) atoms. The first kappa shape index (κ1) is 18.2. The maximum Gasteiger partial charge on any atom is 0.217 e. The van der Waals surface area contributed by atoms with Crippen LogP contribution in [0, 0.1) is 17.2 Å². The number of fused-ring (bicyclic) bond motifs is 1. The first-order valence-electron chi connectivity index (χ1n) is 9.64. The van der Waals surface area contributed by atoms with Crippen molar-refractivity contribution in [2.75, 3.05) is 0 Å². The van der Waals surface area contributed by atoms with Crippen molar-refractivity contribution in [3.8, 4) is 17.3 Å². The zero-order valence-electron chi connectivity index (χ0n) is 15.9. The molecule has 0 unspecified atom stereocenters. The van der Waals surface area contributed by atoms with E-state index in [1.165, 1.54) is 26.1 Å². The second-order valence-electron chi connectivity index (χ2n) is 7.35. The number of nitrogens with one attached hydrogen (secondary N) is 2. The summed E-state index contributed by atoms with van der Waals surface area (Å²) in [6, 6.07) is 2.42. The van der Waals surface area contributed by atoms with Crippen LogP contribution < -0.4 is 5.32 Å². The standard InChI is InChI=1S/C20H23N7O/c1-13(28)22-8-15-9-23-20-18(15)19(24-12-25-20)16-10-26-27(11-16)17(6-7-21)14-4-2-3-5-14/h9-12,14,17H,2-6,8H2,1H3,(H,22,28)(H,23,24,25)/t17-/m1/s1. The summed E-state index contributed by atoms with van der Waals surface area (Å²) < 4.78 is 1.93. The highest BCUT2D eigenvalue weighted by Gasteiger charge is 2.27. The molecule has 3 aromatic rings. The molecule has 0 saturated heterocycles. The third-order valence-electron chi connectivity index (χ3n) is 5.54. The molecule has 1 fully saturated rings. The predicted octanol–water partition coefficient (Wildman–Crippen LogP) is 3.10. The molecule has 0 spiro atoms. The lowest BCUT2D eigenvalue weighted by Crippen LogP contribution is -2.18. The minimum Gasteiger partial charge on any atom is -0.352 e. The van der Waals surface area contributed by atoms with Crippen LogP contribution in [0.5, 0.6) is 0 Å². The molecule has 3 aromatic heterocycles. The predicted molar refractivity (Wildman–Crippen MR) is 104 cm³/mol. The number of nitrogens with zero attached hydrogens (tertiary/aromatic N) is 5. The minimum absolute atomic E-state index is 0.0866. The summed E-state index contributed by atoms with van der Waals surface area (Å²) in [5.74, 6) is 0.414. The van der Waals surface area contributed by atoms with E-state index in [9.17, 15) is 10.1 Å². The van der Waals surface area contributed by atoms with Gasteiger partial charge in [0.15, 0.2) is 0 Å². The number of nitriles is 1. The van der Waals surface area contributed by atoms with E-state index < -0.39 is 0 Å². The molecule has 2 N–H and O–H groups in total. The largest absolute Gasteiger partial charge is 0.352 e. The molecule has 4 rings (SSSR count). The summed E-state index contributed by atoms with van der Waals surface area (Å²) in [4.78, 5) is 23.2. The summed E-state index contributed by atoms with van der Waals surface area (Å²) in [6.07, 6.45) is 12.4. The van der Waals surface area contributed by atoms with Crippen molar-refractivity contribution in [3.63, 3.8) is 0 Å². The molecule has 1 aliphatic rings. The minimum atomic E-state index is -0.0866. The molecular formula is C20H23N7O. The Bertz CT molecular complexity index is 1020. The Morgan fingerprint density at radius 1 is 1.43 bits per heavy atom. The zero-order chi connectivity index (χ0) is 19.5. The maximum absolute atomic E-state index is 11.3. The highest BCUT2D eigenvalue weighted by molar-refractivity contribution is 5.93. The second-order valence-corrected chi connectivity index (χ2v) is 7.35. The van der Waals surface area contributed by atoms with Crippen molar-refractivity contribution in [1.29, 1.82) is 5.26 Å². The number of aromatic nitrogens is 5. The fraction of sp³-hybridized carbons (Fsp3) is 0.450. The first-order valence-corrected chi connectivity index (χ1v) is 9.64. The van der Waals surface area contributed by atoms with E-state index in [2.05, 4.69) is 31.4 Å². The SMILES string of the molecule is CC(=O)NCc1c[nH]c2ncnc(-c3cnn([C@H](CC#N)C4CCCC4)c3)c12. The number of amides is 1. The van der Waals surface area contributed by atoms with E-state index in [4.69, 9.17) is 0 Å². The Kier molecular flexibility index (Phi) is 5.06. The average Bonchev–Trinajstić information content (AvgIpc) is 3.45. The number of hydrogen-bond acceptors (Lipinski definition) is 5. The quantitative estimate of drug-likeness (QED) is 0.685. The molecule has 1 amide bonds. The number of H-pyrrole nitrogens is 1. The second kappa shape index (κ2) is 7.80. The van der Waals surface area contributed by atoms with E-state index in [1.807, 2.05) is 17.1 Å². The van der Waals surface area contributed by atoms with Crippen molar-refractivity contribution in [3.05, 3.63) is 30.5 Å². The molecule has 8 nitrogen and oxygen atoms in total. The van der Waals surface area contributed by atoms with Crippen LogP contribution in [0.15, 0.2) is 24.9 Å². The Labute approximate surface area is 163 Å². The molecule has 0 radical (unpaired) electrons. The van der Waals surface area contributed by atoms with Gasteiger partial charge in [0.2, 0.25) is 5.91 Å². The van der Waals surface area contributed by atoms with E-state index >= 15 is 0 Å². The van der Waals surface area contributed by atoms with Crippen molar-refractivity contribution in [2.24, 2.45) is 5.92 Å². The van der Waals surface area contributed by atoms with Gasteiger partial charge in [-0.3, -0.25) is 9.48 Å². The molecule has 1 aliphatic carbocycles. The lowest BCUT2D eigenvalue weighted by atomic mass is 9.96. The Morgan fingerprint density at radius 3 is 3.00 bits per heavy atom. The average molecular weight is 377 g/mol. The first-order chi connectivity index (χ1) is 13.7. The molecule has 3 heterocycles. The van der Waals surface area contributed by atoms with E-state index in [0.29, 0.717) is 18.9 Å². The molecule has 0 aromatic carbocycles. The van der Waals surface area contributed by atoms with Gasteiger partial charge in [0, 0.05) is 37.0 Å². The van der Waals surface area contributed by atoms with Crippen LogP contribution >= 0.6 is 0 Å². The van der Waals surface area contributed by atoms with Crippen LogP contribution in [0.4, 0.5) is 0 Å². The van der Waals surface area contributed by atoms with E-state index in [0.717, 1.165) is 40.7 Å². The van der Waals surface area contributed by atoms with Crippen LogP contribution in [0.25, 0.3) is 22.3 Å². The van der Waals surface area contributed by atoms with Gasteiger partial charge in [-0.25, -0.2) is 9.97 Å². The van der Waals surface area contributed by atoms with Gasteiger partial charge in [-0.05, 0) is 18.8 Å². The topological polar surface area (TPSA) is 112 Å². The summed E-state index contributed by atoms with van der Waals surface area (Å²) in [6.45, 7) is 1.90. The molecule has 144 valence electrons. The number of carbonyl (C=O) groups is 1. The van der Waals surface area contributed by atoms with Crippen molar-refractivity contribution in [2.45, 2.75) is 51.6 Å². The molecule has 1 atom stereocenters. The van der Waals surface area contributed by atoms with Crippen LogP contribution in [-0.2, 0) is 11.3 Å². The highest BCUT2D eigenvalue weighted by Crippen LogP contribution is 2.37. The van der Waals surface area contributed by atoms with Crippen molar-refractivity contribution < 1.29 is 4.79 Å².